The fraction of sp³-hybridized carbons (Fsp3) is 0.250. The van der Waals surface area contributed by atoms with Crippen molar-refractivity contribution in [2.75, 3.05) is 5.32 Å². The molecule has 21 heavy (non-hydrogen) atoms. The van der Waals surface area contributed by atoms with Gasteiger partial charge in [-0.15, -0.1) is 0 Å². The van der Waals surface area contributed by atoms with E-state index in [1.807, 2.05) is 32.0 Å². The van der Waals surface area contributed by atoms with Crippen LogP contribution in [-0.2, 0) is 6.54 Å². The molecule has 0 bridgehead atoms. The Balaban J connectivity index is 2.14. The third-order valence-corrected chi connectivity index (χ3v) is 3.72. The molecule has 0 aromatic heterocycles. The summed E-state index contributed by atoms with van der Waals surface area (Å²) in [6, 6.07) is 11.0. The molecular weight excluding hydrogens is 340 g/mol. The minimum absolute atomic E-state index is 0.185. The van der Waals surface area contributed by atoms with Gasteiger partial charge in [0.2, 0.25) is 0 Å². The number of hydrogen-bond acceptors (Lipinski definition) is 2. The minimum atomic E-state index is -2.83. The van der Waals surface area contributed by atoms with Gasteiger partial charge < -0.3 is 10.1 Å². The molecule has 0 atom stereocenters. The Hall–Kier alpha value is -1.62. The number of hydrogen-bond donors (Lipinski definition) is 1. The predicted molar refractivity (Wildman–Crippen MR) is 84.0 cm³/mol. The molecule has 0 aliphatic carbocycles. The van der Waals surface area contributed by atoms with Crippen molar-refractivity contribution in [1.29, 1.82) is 0 Å². The van der Waals surface area contributed by atoms with E-state index in [9.17, 15) is 8.78 Å². The van der Waals surface area contributed by atoms with Crippen molar-refractivity contribution < 1.29 is 13.5 Å². The van der Waals surface area contributed by atoms with Crippen LogP contribution >= 0.6 is 15.9 Å². The van der Waals surface area contributed by atoms with Gasteiger partial charge in [-0.1, -0.05) is 22.0 Å². The summed E-state index contributed by atoms with van der Waals surface area (Å²) in [4.78, 5) is 0. The molecular formula is C16H16BrF2NO. The molecule has 112 valence electrons. The van der Waals surface area contributed by atoms with E-state index in [1.165, 1.54) is 17.2 Å². The molecule has 0 saturated heterocycles. The highest BCUT2D eigenvalue weighted by Crippen LogP contribution is 2.26. The van der Waals surface area contributed by atoms with Gasteiger partial charge in [-0.3, -0.25) is 0 Å². The highest BCUT2D eigenvalue weighted by molar-refractivity contribution is 9.10. The number of alkyl halides is 2. The van der Waals surface area contributed by atoms with Crippen molar-refractivity contribution >= 4 is 21.6 Å². The smallest absolute Gasteiger partial charge is 0.387 e. The molecule has 0 amide bonds. The highest BCUT2D eigenvalue weighted by Gasteiger charge is 2.10. The average Bonchev–Trinajstić information content (AvgIpc) is 2.42. The van der Waals surface area contributed by atoms with Gasteiger partial charge in [0.05, 0.1) is 0 Å². The lowest BCUT2D eigenvalue weighted by molar-refractivity contribution is -0.0504. The van der Waals surface area contributed by atoms with Crippen LogP contribution in [0.1, 0.15) is 16.7 Å². The summed E-state index contributed by atoms with van der Waals surface area (Å²) in [5.74, 6) is 0.185. The Bertz CT molecular complexity index is 632. The predicted octanol–water partition coefficient (Wildman–Crippen LogP) is 5.28. The van der Waals surface area contributed by atoms with E-state index in [-0.39, 0.29) is 5.75 Å². The van der Waals surface area contributed by atoms with E-state index >= 15 is 0 Å². The maximum absolute atomic E-state index is 12.4. The van der Waals surface area contributed by atoms with Crippen LogP contribution in [0.4, 0.5) is 14.5 Å². The Labute approximate surface area is 131 Å². The molecule has 0 saturated carbocycles. The topological polar surface area (TPSA) is 21.3 Å². The summed E-state index contributed by atoms with van der Waals surface area (Å²) in [5, 5.41) is 3.22. The highest BCUT2D eigenvalue weighted by atomic mass is 79.9. The third-order valence-electron chi connectivity index (χ3n) is 3.23. The number of ether oxygens (including phenoxy) is 1. The summed E-state index contributed by atoms with van der Waals surface area (Å²) in [5.41, 5.74) is 4.01. The number of benzene rings is 2. The van der Waals surface area contributed by atoms with Crippen molar-refractivity contribution in [3.8, 4) is 5.75 Å². The maximum atomic E-state index is 12.4. The van der Waals surface area contributed by atoms with Crippen molar-refractivity contribution in [2.24, 2.45) is 0 Å². The van der Waals surface area contributed by atoms with E-state index in [4.69, 9.17) is 0 Å². The van der Waals surface area contributed by atoms with Gasteiger partial charge in [0, 0.05) is 22.3 Å². The number of aryl methyl sites for hydroxylation is 2. The molecule has 2 aromatic rings. The summed E-state index contributed by atoms with van der Waals surface area (Å²) in [6.45, 7) is 1.66. The van der Waals surface area contributed by atoms with E-state index in [0.717, 1.165) is 10.2 Å². The van der Waals surface area contributed by atoms with Crippen LogP contribution in [0.25, 0.3) is 0 Å². The molecule has 0 heterocycles. The minimum Gasteiger partial charge on any atom is -0.434 e. The molecule has 0 spiro atoms. The van der Waals surface area contributed by atoms with Crippen LogP contribution in [-0.4, -0.2) is 6.61 Å². The normalized spacial score (nSPS) is 10.8. The first kappa shape index (κ1) is 15.8. The third kappa shape index (κ3) is 4.43. The second-order valence-corrected chi connectivity index (χ2v) is 5.70. The summed E-state index contributed by atoms with van der Waals surface area (Å²) < 4.78 is 30.2. The zero-order chi connectivity index (χ0) is 15.4. The lowest BCUT2D eigenvalue weighted by atomic mass is 10.1. The molecule has 0 fully saturated rings. The Morgan fingerprint density at radius 2 is 1.86 bits per heavy atom. The standard InChI is InChI=1S/C16H16BrF2NO/c1-10-3-5-14(7-11(10)2)20-9-12-8-13(17)4-6-15(12)21-16(18)19/h3-8,16,20H,9H2,1-2H3. The van der Waals surface area contributed by atoms with Gasteiger partial charge in [-0.2, -0.15) is 8.78 Å². The zero-order valence-corrected chi connectivity index (χ0v) is 13.4. The Kier molecular flexibility index (Phi) is 5.17. The number of rotatable bonds is 5. The van der Waals surface area contributed by atoms with Crippen molar-refractivity contribution in [3.63, 3.8) is 0 Å². The van der Waals surface area contributed by atoms with Crippen molar-refractivity contribution in [1.82, 2.24) is 0 Å². The van der Waals surface area contributed by atoms with Gasteiger partial charge in [-0.05, 0) is 55.3 Å². The van der Waals surface area contributed by atoms with Crippen LogP contribution in [0.5, 0.6) is 5.75 Å². The van der Waals surface area contributed by atoms with E-state index < -0.39 is 6.61 Å². The van der Waals surface area contributed by atoms with E-state index in [0.29, 0.717) is 12.1 Å². The van der Waals surface area contributed by atoms with Crippen LogP contribution in [0.3, 0.4) is 0 Å². The van der Waals surface area contributed by atoms with Crippen LogP contribution in [0.15, 0.2) is 40.9 Å². The Morgan fingerprint density at radius 3 is 2.52 bits per heavy atom. The van der Waals surface area contributed by atoms with E-state index in [1.54, 1.807) is 12.1 Å². The van der Waals surface area contributed by atoms with Gasteiger partial charge in [0.25, 0.3) is 0 Å². The van der Waals surface area contributed by atoms with Gasteiger partial charge in [0.15, 0.2) is 0 Å². The molecule has 5 heteroatoms. The van der Waals surface area contributed by atoms with Crippen LogP contribution in [0.2, 0.25) is 0 Å². The molecule has 2 rings (SSSR count). The van der Waals surface area contributed by atoms with Crippen molar-refractivity contribution in [2.45, 2.75) is 27.0 Å². The van der Waals surface area contributed by atoms with Gasteiger partial charge >= 0.3 is 6.61 Å². The number of halogens is 3. The molecule has 0 radical (unpaired) electrons. The molecule has 0 aliphatic heterocycles. The fourth-order valence-electron chi connectivity index (χ4n) is 1.95. The summed E-state index contributed by atoms with van der Waals surface area (Å²) in [7, 11) is 0. The largest absolute Gasteiger partial charge is 0.434 e. The zero-order valence-electron chi connectivity index (χ0n) is 11.8. The monoisotopic (exact) mass is 355 g/mol. The maximum Gasteiger partial charge on any atom is 0.387 e. The molecule has 2 aromatic carbocycles. The first-order chi connectivity index (χ1) is 9.95. The summed E-state index contributed by atoms with van der Waals surface area (Å²) >= 11 is 3.34. The first-order valence-electron chi connectivity index (χ1n) is 6.50. The molecule has 1 N–H and O–H groups in total. The second kappa shape index (κ2) is 6.89. The number of nitrogens with one attached hydrogen (secondary N) is 1. The SMILES string of the molecule is Cc1ccc(NCc2cc(Br)ccc2OC(F)F)cc1C. The summed E-state index contributed by atoms with van der Waals surface area (Å²) in [6.07, 6.45) is 0. The fourth-order valence-corrected chi connectivity index (χ4v) is 2.35. The van der Waals surface area contributed by atoms with Crippen LogP contribution < -0.4 is 10.1 Å². The van der Waals surface area contributed by atoms with Gasteiger partial charge in [0.1, 0.15) is 5.75 Å². The van der Waals surface area contributed by atoms with E-state index in [2.05, 4.69) is 26.0 Å². The molecule has 2 nitrogen and oxygen atoms in total. The van der Waals surface area contributed by atoms with Crippen molar-refractivity contribution in [3.05, 3.63) is 57.6 Å². The first-order valence-corrected chi connectivity index (χ1v) is 7.29. The lowest BCUT2D eigenvalue weighted by Crippen LogP contribution is -2.07. The lowest BCUT2D eigenvalue weighted by Gasteiger charge is -2.13. The average molecular weight is 356 g/mol. The molecule has 0 unspecified atom stereocenters. The molecule has 0 aliphatic rings. The van der Waals surface area contributed by atoms with Gasteiger partial charge in [-0.25, -0.2) is 0 Å². The quantitative estimate of drug-likeness (QED) is 0.787. The Morgan fingerprint density at radius 1 is 1.10 bits per heavy atom. The second-order valence-electron chi connectivity index (χ2n) is 4.78. The number of anilines is 1. The van der Waals surface area contributed by atoms with Crippen LogP contribution in [0, 0.1) is 13.8 Å².